The van der Waals surface area contributed by atoms with Crippen LogP contribution in [-0.4, -0.2) is 32.7 Å². The number of rotatable bonds is 4. The van der Waals surface area contributed by atoms with Crippen molar-refractivity contribution in [2.75, 3.05) is 6.54 Å². The Morgan fingerprint density at radius 2 is 2.32 bits per heavy atom. The van der Waals surface area contributed by atoms with Crippen molar-refractivity contribution in [3.05, 3.63) is 22.3 Å². The van der Waals surface area contributed by atoms with E-state index in [0.29, 0.717) is 11.5 Å². The number of carbonyl (C=O) groups is 1. The number of aryl methyl sites for hydroxylation is 1. The lowest BCUT2D eigenvalue weighted by atomic mass is 10.1. The van der Waals surface area contributed by atoms with Crippen molar-refractivity contribution in [1.29, 1.82) is 0 Å². The number of carbonyl (C=O) groups excluding carboxylic acids is 1. The van der Waals surface area contributed by atoms with Gasteiger partial charge in [-0.25, -0.2) is 0 Å². The first-order valence-electron chi connectivity index (χ1n) is 6.28. The Balaban J connectivity index is 1.91. The average Bonchev–Trinajstić information content (AvgIpc) is 2.97. The molecule has 0 aliphatic heterocycles. The Morgan fingerprint density at radius 3 is 2.95 bits per heavy atom. The van der Waals surface area contributed by atoms with Gasteiger partial charge >= 0.3 is 0 Å². The highest BCUT2D eigenvalue weighted by Gasteiger charge is 2.25. The molecule has 0 atom stereocenters. The van der Waals surface area contributed by atoms with Crippen molar-refractivity contribution in [3.63, 3.8) is 0 Å². The van der Waals surface area contributed by atoms with Crippen LogP contribution in [0.2, 0.25) is 0 Å². The molecule has 2 heterocycles. The second-order valence-corrected chi connectivity index (χ2v) is 6.07. The largest absolute Gasteiger partial charge is 0.352 e. The SMILES string of the molecule is Cc1sc(-n2cnnn2)c(C(=O)NCC2CC2)c1C. The van der Waals surface area contributed by atoms with Gasteiger partial charge in [0.15, 0.2) is 0 Å². The van der Waals surface area contributed by atoms with Crippen LogP contribution in [-0.2, 0) is 0 Å². The summed E-state index contributed by atoms with van der Waals surface area (Å²) in [4.78, 5) is 13.5. The van der Waals surface area contributed by atoms with Crippen molar-refractivity contribution >= 4 is 17.2 Å². The van der Waals surface area contributed by atoms with Gasteiger partial charge in [0.2, 0.25) is 0 Å². The minimum atomic E-state index is -0.0285. The highest BCUT2D eigenvalue weighted by Crippen LogP contribution is 2.31. The Hall–Kier alpha value is -1.76. The van der Waals surface area contributed by atoms with Crippen molar-refractivity contribution in [2.45, 2.75) is 26.7 Å². The third-order valence-corrected chi connectivity index (χ3v) is 4.60. The van der Waals surface area contributed by atoms with Gasteiger partial charge in [-0.05, 0) is 48.6 Å². The van der Waals surface area contributed by atoms with Crippen LogP contribution in [0.1, 0.15) is 33.6 Å². The van der Waals surface area contributed by atoms with Gasteiger partial charge in [-0.1, -0.05) is 0 Å². The third kappa shape index (κ3) is 2.37. The summed E-state index contributed by atoms with van der Waals surface area (Å²) in [5.74, 6) is 0.639. The molecule has 1 aliphatic rings. The molecule has 2 aromatic heterocycles. The molecule has 0 bridgehead atoms. The Morgan fingerprint density at radius 1 is 1.53 bits per heavy atom. The monoisotopic (exact) mass is 277 g/mol. The summed E-state index contributed by atoms with van der Waals surface area (Å²) in [6.07, 6.45) is 3.96. The van der Waals surface area contributed by atoms with Gasteiger partial charge in [-0.15, -0.1) is 16.4 Å². The molecule has 7 heteroatoms. The molecule has 6 nitrogen and oxygen atoms in total. The van der Waals surface area contributed by atoms with Gasteiger partial charge in [-0.2, -0.15) is 4.68 Å². The lowest BCUT2D eigenvalue weighted by Gasteiger charge is -2.06. The van der Waals surface area contributed by atoms with Crippen LogP contribution in [0, 0.1) is 19.8 Å². The quantitative estimate of drug-likeness (QED) is 0.918. The topological polar surface area (TPSA) is 72.7 Å². The van der Waals surface area contributed by atoms with Gasteiger partial charge in [0.1, 0.15) is 11.3 Å². The first-order chi connectivity index (χ1) is 9.16. The summed E-state index contributed by atoms with van der Waals surface area (Å²) >= 11 is 1.54. The van der Waals surface area contributed by atoms with Crippen molar-refractivity contribution in [3.8, 4) is 5.00 Å². The molecule has 19 heavy (non-hydrogen) atoms. The Labute approximate surface area is 114 Å². The summed E-state index contributed by atoms with van der Waals surface area (Å²) in [6.45, 7) is 4.74. The zero-order valence-electron chi connectivity index (χ0n) is 10.9. The molecular formula is C12H15N5OS. The van der Waals surface area contributed by atoms with E-state index >= 15 is 0 Å². The molecule has 0 aromatic carbocycles. The van der Waals surface area contributed by atoms with Crippen LogP contribution >= 0.6 is 11.3 Å². The maximum absolute atomic E-state index is 12.3. The molecule has 0 unspecified atom stereocenters. The van der Waals surface area contributed by atoms with Gasteiger partial charge in [0, 0.05) is 11.4 Å². The van der Waals surface area contributed by atoms with E-state index < -0.39 is 0 Å². The fraction of sp³-hybridized carbons (Fsp3) is 0.500. The smallest absolute Gasteiger partial charge is 0.254 e. The van der Waals surface area contributed by atoms with Crippen LogP contribution in [0.5, 0.6) is 0 Å². The Kier molecular flexibility index (Phi) is 3.06. The van der Waals surface area contributed by atoms with Crippen LogP contribution in [0.4, 0.5) is 0 Å². The number of nitrogens with zero attached hydrogens (tertiary/aromatic N) is 4. The van der Waals surface area contributed by atoms with Crippen LogP contribution in [0.25, 0.3) is 5.00 Å². The summed E-state index contributed by atoms with van der Waals surface area (Å²) in [7, 11) is 0. The number of hydrogen-bond acceptors (Lipinski definition) is 5. The van der Waals surface area contributed by atoms with E-state index in [0.717, 1.165) is 22.0 Å². The van der Waals surface area contributed by atoms with Crippen molar-refractivity contribution < 1.29 is 4.79 Å². The number of hydrogen-bond donors (Lipinski definition) is 1. The minimum absolute atomic E-state index is 0.0285. The standard InChI is InChI=1S/C12H15N5OS/c1-7-8(2)19-12(17-6-14-15-16-17)10(7)11(18)13-5-9-3-4-9/h6,9H,3-5H2,1-2H3,(H,13,18). The maximum atomic E-state index is 12.3. The summed E-state index contributed by atoms with van der Waals surface area (Å²) in [6, 6.07) is 0. The molecule has 3 rings (SSSR count). The molecule has 1 N–H and O–H groups in total. The molecule has 100 valence electrons. The molecule has 0 saturated heterocycles. The summed E-state index contributed by atoms with van der Waals surface area (Å²) in [5, 5.41) is 14.9. The highest BCUT2D eigenvalue weighted by atomic mass is 32.1. The van der Waals surface area contributed by atoms with Crippen molar-refractivity contribution in [2.24, 2.45) is 5.92 Å². The first kappa shape index (κ1) is 12.3. The lowest BCUT2D eigenvalue weighted by molar-refractivity contribution is 0.0951. The second kappa shape index (κ2) is 4.73. The van der Waals surface area contributed by atoms with E-state index in [2.05, 4.69) is 20.8 Å². The number of nitrogens with one attached hydrogen (secondary N) is 1. The highest BCUT2D eigenvalue weighted by molar-refractivity contribution is 7.15. The molecule has 1 amide bonds. The van der Waals surface area contributed by atoms with E-state index in [1.165, 1.54) is 30.5 Å². The Bertz CT molecular complexity index is 600. The molecular weight excluding hydrogens is 262 g/mol. The van der Waals surface area contributed by atoms with Gasteiger partial charge in [0.25, 0.3) is 5.91 Å². The predicted octanol–water partition coefficient (Wildman–Crippen LogP) is 1.48. The predicted molar refractivity (Wildman–Crippen MR) is 71.6 cm³/mol. The molecule has 1 saturated carbocycles. The fourth-order valence-corrected chi connectivity index (χ4v) is 3.01. The third-order valence-electron chi connectivity index (χ3n) is 3.40. The normalized spacial score (nSPS) is 14.6. The zero-order chi connectivity index (χ0) is 13.4. The number of aromatic nitrogens is 4. The second-order valence-electron chi connectivity index (χ2n) is 4.87. The van der Waals surface area contributed by atoms with E-state index in [1.807, 2.05) is 13.8 Å². The first-order valence-corrected chi connectivity index (χ1v) is 7.10. The molecule has 0 spiro atoms. The zero-order valence-corrected chi connectivity index (χ0v) is 11.7. The average molecular weight is 277 g/mol. The van der Waals surface area contributed by atoms with Crippen LogP contribution in [0.3, 0.4) is 0 Å². The number of thiophene rings is 1. The molecule has 1 fully saturated rings. The lowest BCUT2D eigenvalue weighted by Crippen LogP contribution is -2.26. The van der Waals surface area contributed by atoms with Crippen molar-refractivity contribution in [1.82, 2.24) is 25.5 Å². The van der Waals surface area contributed by atoms with E-state index in [4.69, 9.17) is 0 Å². The van der Waals surface area contributed by atoms with Crippen LogP contribution < -0.4 is 5.32 Å². The van der Waals surface area contributed by atoms with E-state index in [-0.39, 0.29) is 5.91 Å². The number of amides is 1. The summed E-state index contributed by atoms with van der Waals surface area (Å²) in [5.41, 5.74) is 1.69. The minimum Gasteiger partial charge on any atom is -0.352 e. The van der Waals surface area contributed by atoms with E-state index in [1.54, 1.807) is 4.68 Å². The fourth-order valence-electron chi connectivity index (χ4n) is 1.94. The van der Waals surface area contributed by atoms with Gasteiger partial charge in [-0.3, -0.25) is 4.79 Å². The van der Waals surface area contributed by atoms with E-state index in [9.17, 15) is 4.79 Å². The molecule has 2 aromatic rings. The summed E-state index contributed by atoms with van der Waals surface area (Å²) < 4.78 is 1.55. The molecule has 0 radical (unpaired) electrons. The maximum Gasteiger partial charge on any atom is 0.254 e. The van der Waals surface area contributed by atoms with Crippen LogP contribution in [0.15, 0.2) is 6.33 Å². The van der Waals surface area contributed by atoms with Gasteiger partial charge in [0.05, 0.1) is 5.56 Å². The van der Waals surface area contributed by atoms with Gasteiger partial charge < -0.3 is 5.32 Å². The number of tetrazole rings is 1. The molecule has 1 aliphatic carbocycles.